The highest BCUT2D eigenvalue weighted by molar-refractivity contribution is 7.20. The van der Waals surface area contributed by atoms with Gasteiger partial charge in [-0.3, -0.25) is 0 Å². The number of thiazole rings is 1. The second-order valence-corrected chi connectivity index (χ2v) is 13.5. The number of benzene rings is 2. The molecule has 2 unspecified atom stereocenters. The van der Waals surface area contributed by atoms with E-state index >= 15 is 0 Å². The van der Waals surface area contributed by atoms with Crippen LogP contribution in [0.3, 0.4) is 0 Å². The zero-order valence-electron chi connectivity index (χ0n) is 25.2. The molecule has 46 heavy (non-hydrogen) atoms. The largest absolute Gasteiger partial charge is 0.573 e. The number of aromatic carboxylic acids is 1. The predicted octanol–water partition coefficient (Wildman–Crippen LogP) is 8.37. The summed E-state index contributed by atoms with van der Waals surface area (Å²) in [5, 5.41) is 14.2. The van der Waals surface area contributed by atoms with Crippen LogP contribution in [0.1, 0.15) is 80.0 Å². The Morgan fingerprint density at radius 1 is 1.09 bits per heavy atom. The van der Waals surface area contributed by atoms with Crippen LogP contribution in [0.2, 0.25) is 0 Å². The first-order valence-electron chi connectivity index (χ1n) is 15.5. The van der Waals surface area contributed by atoms with Gasteiger partial charge < -0.3 is 28.6 Å². The zero-order valence-corrected chi connectivity index (χ0v) is 26.0. The maximum atomic E-state index is 13.2. The fraction of sp³-hybridized carbons (Fsp3) is 0.485. The Morgan fingerprint density at radius 3 is 2.50 bits per heavy atom. The molecule has 13 heteroatoms. The third-order valence-corrected chi connectivity index (χ3v) is 9.75. The number of rotatable bonds is 11. The minimum Gasteiger partial charge on any atom is -0.489 e. The fourth-order valence-corrected chi connectivity index (χ4v) is 7.69. The molecule has 0 radical (unpaired) electrons. The van der Waals surface area contributed by atoms with Crippen molar-refractivity contribution in [2.45, 2.75) is 89.6 Å². The van der Waals surface area contributed by atoms with E-state index in [1.54, 1.807) is 18.2 Å². The number of ether oxygens (including phenoxy) is 4. The summed E-state index contributed by atoms with van der Waals surface area (Å²) >= 11 is 1.31. The third kappa shape index (κ3) is 6.39. The quantitative estimate of drug-likeness (QED) is 0.170. The Balaban J connectivity index is 1.06. The second-order valence-electron chi connectivity index (χ2n) is 12.5. The van der Waals surface area contributed by atoms with Crippen molar-refractivity contribution in [3.63, 3.8) is 0 Å². The molecular formula is C33H33F3N2O7S. The van der Waals surface area contributed by atoms with E-state index in [-0.39, 0.29) is 59.5 Å². The smallest absolute Gasteiger partial charge is 0.489 e. The normalized spacial score (nSPS) is 22.8. The molecule has 3 saturated carbocycles. The Morgan fingerprint density at radius 2 is 1.83 bits per heavy atom. The molecule has 3 fully saturated rings. The molecule has 3 aliphatic carbocycles. The molecule has 2 aromatic heterocycles. The van der Waals surface area contributed by atoms with E-state index in [0.29, 0.717) is 38.2 Å². The number of para-hydroxylation sites is 1. The Hall–Kier alpha value is -3.84. The van der Waals surface area contributed by atoms with Crippen molar-refractivity contribution in [2.24, 2.45) is 11.8 Å². The maximum Gasteiger partial charge on any atom is 0.573 e. The molecule has 2 atom stereocenters. The first-order chi connectivity index (χ1) is 22.0. The number of carbonyl (C=O) groups is 1. The van der Waals surface area contributed by atoms with Crippen LogP contribution in [0.5, 0.6) is 16.7 Å². The number of alkyl halides is 3. The number of fused-ring (bicyclic) bond motifs is 3. The van der Waals surface area contributed by atoms with E-state index in [0.717, 1.165) is 38.5 Å². The van der Waals surface area contributed by atoms with Crippen LogP contribution in [-0.2, 0) is 11.3 Å². The summed E-state index contributed by atoms with van der Waals surface area (Å²) < 4.78 is 69.0. The Labute approximate surface area is 266 Å². The lowest BCUT2D eigenvalue weighted by Gasteiger charge is -2.34. The topological polar surface area (TPSA) is 113 Å². The highest BCUT2D eigenvalue weighted by atomic mass is 32.1. The van der Waals surface area contributed by atoms with Gasteiger partial charge in [0.25, 0.3) is 5.19 Å². The second kappa shape index (κ2) is 12.1. The first kappa shape index (κ1) is 30.8. The van der Waals surface area contributed by atoms with Crippen molar-refractivity contribution in [3.8, 4) is 28.0 Å². The molecule has 9 nitrogen and oxygen atoms in total. The number of nitrogens with zero attached hydrogens (tertiary/aromatic N) is 2. The van der Waals surface area contributed by atoms with Crippen molar-refractivity contribution in [2.75, 3.05) is 0 Å². The molecule has 3 aliphatic rings. The van der Waals surface area contributed by atoms with Gasteiger partial charge in [0.2, 0.25) is 0 Å². The lowest BCUT2D eigenvalue weighted by atomic mass is 9.84. The van der Waals surface area contributed by atoms with E-state index in [1.807, 2.05) is 13.8 Å². The van der Waals surface area contributed by atoms with E-state index < -0.39 is 12.3 Å². The van der Waals surface area contributed by atoms with Crippen LogP contribution < -0.4 is 14.2 Å². The van der Waals surface area contributed by atoms with Crippen molar-refractivity contribution in [1.82, 2.24) is 10.1 Å². The number of carboxylic acids is 1. The van der Waals surface area contributed by atoms with Gasteiger partial charge in [-0.1, -0.05) is 28.6 Å². The molecule has 2 aromatic carbocycles. The molecule has 4 aromatic rings. The van der Waals surface area contributed by atoms with Crippen LogP contribution in [0, 0.1) is 11.8 Å². The first-order valence-corrected chi connectivity index (χ1v) is 16.3. The summed E-state index contributed by atoms with van der Waals surface area (Å²) in [5.74, 6) is 0.373. The summed E-state index contributed by atoms with van der Waals surface area (Å²) in [5.41, 5.74) is 1.90. The molecule has 1 N–H and O–H groups in total. The van der Waals surface area contributed by atoms with E-state index in [9.17, 15) is 23.1 Å². The summed E-state index contributed by atoms with van der Waals surface area (Å²) in [6.45, 7) is 3.92. The van der Waals surface area contributed by atoms with Gasteiger partial charge in [-0.05, 0) is 88.5 Å². The van der Waals surface area contributed by atoms with Gasteiger partial charge in [0, 0.05) is 17.0 Å². The van der Waals surface area contributed by atoms with Crippen molar-refractivity contribution in [3.05, 3.63) is 53.3 Å². The molecule has 2 bridgehead atoms. The van der Waals surface area contributed by atoms with E-state index in [4.69, 9.17) is 23.7 Å². The lowest BCUT2D eigenvalue weighted by Crippen LogP contribution is -2.38. The van der Waals surface area contributed by atoms with Crippen molar-refractivity contribution in [1.29, 1.82) is 0 Å². The minimum atomic E-state index is -4.84. The van der Waals surface area contributed by atoms with Crippen molar-refractivity contribution >= 4 is 27.5 Å². The highest BCUT2D eigenvalue weighted by Gasteiger charge is 2.45. The molecule has 7 rings (SSSR count). The number of hydrogen-bond acceptors (Lipinski definition) is 9. The third-order valence-electron chi connectivity index (χ3n) is 8.85. The lowest BCUT2D eigenvalue weighted by molar-refractivity contribution is -0.274. The summed E-state index contributed by atoms with van der Waals surface area (Å²) in [4.78, 5) is 16.4. The predicted molar refractivity (Wildman–Crippen MR) is 161 cm³/mol. The molecule has 0 amide bonds. The Bertz CT molecular complexity index is 1730. The van der Waals surface area contributed by atoms with Crippen LogP contribution in [0.4, 0.5) is 13.2 Å². The molecular weight excluding hydrogens is 625 g/mol. The zero-order chi connectivity index (χ0) is 32.2. The van der Waals surface area contributed by atoms with Crippen LogP contribution in [-0.4, -0.2) is 45.9 Å². The molecule has 2 heterocycles. The van der Waals surface area contributed by atoms with Gasteiger partial charge in [0.05, 0.1) is 29.1 Å². The Kier molecular flexibility index (Phi) is 8.08. The number of aromatic nitrogens is 2. The van der Waals surface area contributed by atoms with Gasteiger partial charge >= 0.3 is 12.3 Å². The van der Waals surface area contributed by atoms with Crippen LogP contribution in [0.15, 0.2) is 40.9 Å². The highest BCUT2D eigenvalue weighted by Crippen LogP contribution is 2.49. The van der Waals surface area contributed by atoms with E-state index in [2.05, 4.69) is 9.89 Å². The van der Waals surface area contributed by atoms with Crippen molar-refractivity contribution < 1.29 is 46.5 Å². The van der Waals surface area contributed by atoms with Gasteiger partial charge in [0.1, 0.15) is 34.6 Å². The van der Waals surface area contributed by atoms with Gasteiger partial charge in [0.15, 0.2) is 0 Å². The van der Waals surface area contributed by atoms with Crippen LogP contribution in [0.25, 0.3) is 21.5 Å². The standard InChI is InChI=1S/C33H33F3N2O7S/c1-16(2)42-25-13-20(31(39)40)14-26-28(25)37-32(46-26)43-29-18-9-10-19(29)12-21(11-18)41-15-23-27(38-45-30(23)17-7-8-17)22-5-3-4-6-24(22)44-33(34,35)36/h3-6,13-14,16-19,21,29H,7-12,15H2,1-2H3,(H,39,40). The fourth-order valence-electron chi connectivity index (χ4n) is 6.77. The van der Waals surface area contributed by atoms with Gasteiger partial charge in [-0.2, -0.15) is 4.98 Å². The summed E-state index contributed by atoms with van der Waals surface area (Å²) in [6, 6.07) is 9.04. The summed E-state index contributed by atoms with van der Waals surface area (Å²) in [7, 11) is 0. The maximum absolute atomic E-state index is 13.2. The minimum absolute atomic E-state index is 0.0478. The molecule has 0 spiro atoms. The van der Waals surface area contributed by atoms with Gasteiger partial charge in [-0.15, -0.1) is 13.2 Å². The monoisotopic (exact) mass is 658 g/mol. The molecule has 0 saturated heterocycles. The number of halogens is 3. The number of carboxylic acid groups (broad SMARTS) is 1. The molecule has 0 aliphatic heterocycles. The van der Waals surface area contributed by atoms with E-state index in [1.165, 1.54) is 29.5 Å². The molecule has 244 valence electrons. The summed E-state index contributed by atoms with van der Waals surface area (Å²) in [6.07, 6.45) is 0.273. The average molecular weight is 659 g/mol. The van der Waals surface area contributed by atoms with Crippen LogP contribution >= 0.6 is 11.3 Å². The SMILES string of the molecule is CC(C)Oc1cc(C(=O)O)cc2sc(OC3C4CCC3CC(OCc3c(-c5ccccc5OC(F)(F)F)noc3C3CC3)C4)nc12. The number of hydrogen-bond donors (Lipinski definition) is 1. The average Bonchev–Trinajstić information content (AvgIpc) is 3.54. The van der Waals surface area contributed by atoms with Gasteiger partial charge in [-0.25, -0.2) is 4.79 Å².